The summed E-state index contributed by atoms with van der Waals surface area (Å²) in [6.07, 6.45) is 1.04. The second-order valence-electron chi connectivity index (χ2n) is 5.14. The predicted molar refractivity (Wildman–Crippen MR) is 77.8 cm³/mol. The van der Waals surface area contributed by atoms with Gasteiger partial charge in [0.25, 0.3) is 0 Å². The molecule has 1 saturated heterocycles. The van der Waals surface area contributed by atoms with Gasteiger partial charge in [-0.05, 0) is 35.9 Å². The molecule has 1 atom stereocenters. The third-order valence-corrected chi connectivity index (χ3v) is 3.49. The van der Waals surface area contributed by atoms with E-state index in [1.165, 1.54) is 0 Å². The van der Waals surface area contributed by atoms with Crippen LogP contribution in [0.3, 0.4) is 0 Å². The zero-order chi connectivity index (χ0) is 14.7. The number of anilines is 1. The van der Waals surface area contributed by atoms with Crippen molar-refractivity contribution in [2.24, 2.45) is 5.92 Å². The number of hydrogen-bond acceptors (Lipinski definition) is 6. The minimum Gasteiger partial charge on any atom is -0.494 e. The molecule has 21 heavy (non-hydrogen) atoms. The van der Waals surface area contributed by atoms with Gasteiger partial charge in [-0.2, -0.15) is 0 Å². The van der Waals surface area contributed by atoms with E-state index in [4.69, 9.17) is 15.2 Å². The van der Waals surface area contributed by atoms with Gasteiger partial charge in [-0.1, -0.05) is 0 Å². The molecule has 1 aliphatic heterocycles. The van der Waals surface area contributed by atoms with E-state index < -0.39 is 0 Å². The summed E-state index contributed by atoms with van der Waals surface area (Å²) in [7, 11) is 0. The Balaban J connectivity index is 1.87. The molecular formula is C14H19N5O2. The molecule has 1 fully saturated rings. The van der Waals surface area contributed by atoms with Gasteiger partial charge in [-0.15, -0.1) is 5.10 Å². The van der Waals surface area contributed by atoms with Crippen LogP contribution in [-0.2, 0) is 11.3 Å². The van der Waals surface area contributed by atoms with Crippen LogP contribution in [0.5, 0.6) is 5.75 Å². The molecule has 0 spiro atoms. The predicted octanol–water partition coefficient (Wildman–Crippen LogP) is 1.36. The number of ether oxygens (including phenoxy) is 2. The van der Waals surface area contributed by atoms with E-state index in [1.807, 2.05) is 23.7 Å². The van der Waals surface area contributed by atoms with E-state index in [0.717, 1.165) is 37.5 Å². The standard InChI is InChI=1S/C14H19N5O2/c1-2-21-13-6-11(5-12(15)7-13)14-16-17-18-19(14)8-10-3-4-20-9-10/h5-7,10H,2-4,8-9,15H2,1H3. The lowest BCUT2D eigenvalue weighted by Crippen LogP contribution is -2.13. The summed E-state index contributed by atoms with van der Waals surface area (Å²) in [5.41, 5.74) is 7.43. The van der Waals surface area contributed by atoms with E-state index >= 15 is 0 Å². The van der Waals surface area contributed by atoms with Gasteiger partial charge in [0.2, 0.25) is 0 Å². The highest BCUT2D eigenvalue weighted by Crippen LogP contribution is 2.26. The first-order chi connectivity index (χ1) is 10.3. The van der Waals surface area contributed by atoms with Crippen molar-refractivity contribution in [3.63, 3.8) is 0 Å². The van der Waals surface area contributed by atoms with Gasteiger partial charge >= 0.3 is 0 Å². The molecule has 7 nitrogen and oxygen atoms in total. The average molecular weight is 289 g/mol. The summed E-state index contributed by atoms with van der Waals surface area (Å²) < 4.78 is 12.7. The van der Waals surface area contributed by atoms with Gasteiger partial charge in [0.15, 0.2) is 5.82 Å². The largest absolute Gasteiger partial charge is 0.494 e. The van der Waals surface area contributed by atoms with Crippen LogP contribution >= 0.6 is 0 Å². The van der Waals surface area contributed by atoms with Gasteiger partial charge < -0.3 is 15.2 Å². The van der Waals surface area contributed by atoms with Crippen LogP contribution in [-0.4, -0.2) is 40.0 Å². The number of nitrogen functional groups attached to an aromatic ring is 1. The molecule has 0 aliphatic carbocycles. The first-order valence-electron chi connectivity index (χ1n) is 7.14. The molecule has 0 amide bonds. The minimum atomic E-state index is 0.458. The van der Waals surface area contributed by atoms with E-state index in [1.54, 1.807) is 6.07 Å². The van der Waals surface area contributed by atoms with Crippen LogP contribution in [0.4, 0.5) is 5.69 Å². The van der Waals surface area contributed by atoms with Gasteiger partial charge in [0.05, 0.1) is 19.8 Å². The van der Waals surface area contributed by atoms with Gasteiger partial charge in [0, 0.05) is 29.8 Å². The van der Waals surface area contributed by atoms with E-state index in [2.05, 4.69) is 15.5 Å². The van der Waals surface area contributed by atoms with Crippen molar-refractivity contribution >= 4 is 5.69 Å². The van der Waals surface area contributed by atoms with Gasteiger partial charge in [-0.25, -0.2) is 4.68 Å². The fourth-order valence-electron chi connectivity index (χ4n) is 2.51. The maximum atomic E-state index is 5.93. The fourth-order valence-corrected chi connectivity index (χ4v) is 2.51. The van der Waals surface area contributed by atoms with Crippen LogP contribution in [0.25, 0.3) is 11.4 Å². The van der Waals surface area contributed by atoms with Crippen LogP contribution < -0.4 is 10.5 Å². The molecule has 1 unspecified atom stereocenters. The first kappa shape index (κ1) is 13.8. The van der Waals surface area contributed by atoms with E-state index in [-0.39, 0.29) is 0 Å². The molecule has 1 aromatic heterocycles. The van der Waals surface area contributed by atoms with Crippen molar-refractivity contribution in [1.29, 1.82) is 0 Å². The smallest absolute Gasteiger partial charge is 0.182 e. The lowest BCUT2D eigenvalue weighted by Gasteiger charge is -2.11. The maximum Gasteiger partial charge on any atom is 0.182 e. The summed E-state index contributed by atoms with van der Waals surface area (Å²) in [5, 5.41) is 12.0. The van der Waals surface area contributed by atoms with Crippen molar-refractivity contribution in [1.82, 2.24) is 20.2 Å². The molecule has 7 heteroatoms. The Hall–Kier alpha value is -2.15. The van der Waals surface area contributed by atoms with E-state index in [0.29, 0.717) is 24.0 Å². The summed E-state index contributed by atoms with van der Waals surface area (Å²) in [4.78, 5) is 0. The number of aromatic nitrogens is 4. The SMILES string of the molecule is CCOc1cc(N)cc(-c2nnnn2CC2CCOC2)c1. The second-order valence-corrected chi connectivity index (χ2v) is 5.14. The van der Waals surface area contributed by atoms with Crippen molar-refractivity contribution in [3.8, 4) is 17.1 Å². The van der Waals surface area contributed by atoms with Gasteiger partial charge in [-0.3, -0.25) is 0 Å². The number of nitrogens with zero attached hydrogens (tertiary/aromatic N) is 4. The number of hydrogen-bond donors (Lipinski definition) is 1. The van der Waals surface area contributed by atoms with Crippen molar-refractivity contribution < 1.29 is 9.47 Å². The van der Waals surface area contributed by atoms with Crippen molar-refractivity contribution in [3.05, 3.63) is 18.2 Å². The highest BCUT2D eigenvalue weighted by atomic mass is 16.5. The monoisotopic (exact) mass is 289 g/mol. The quantitative estimate of drug-likeness (QED) is 0.836. The third kappa shape index (κ3) is 3.13. The highest BCUT2D eigenvalue weighted by molar-refractivity contribution is 5.64. The lowest BCUT2D eigenvalue weighted by molar-refractivity contribution is 0.181. The molecule has 112 valence electrons. The Morgan fingerprint density at radius 1 is 1.43 bits per heavy atom. The lowest BCUT2D eigenvalue weighted by atomic mass is 10.1. The Bertz CT molecular complexity index is 607. The molecule has 2 aromatic rings. The number of tetrazole rings is 1. The topological polar surface area (TPSA) is 88.1 Å². The zero-order valence-electron chi connectivity index (χ0n) is 12.0. The molecule has 2 N–H and O–H groups in total. The number of benzene rings is 1. The van der Waals surface area contributed by atoms with Crippen LogP contribution in [0.1, 0.15) is 13.3 Å². The molecule has 0 bridgehead atoms. The highest BCUT2D eigenvalue weighted by Gasteiger charge is 2.19. The maximum absolute atomic E-state index is 5.93. The molecule has 0 radical (unpaired) electrons. The molecule has 2 heterocycles. The number of rotatable bonds is 5. The molecule has 1 aliphatic rings. The zero-order valence-corrected chi connectivity index (χ0v) is 12.0. The fraction of sp³-hybridized carbons (Fsp3) is 0.500. The Kier molecular flexibility index (Phi) is 4.01. The first-order valence-corrected chi connectivity index (χ1v) is 7.14. The Morgan fingerprint density at radius 2 is 2.33 bits per heavy atom. The van der Waals surface area contributed by atoms with Crippen LogP contribution in [0.2, 0.25) is 0 Å². The molecule has 1 aromatic carbocycles. The normalized spacial score (nSPS) is 18.0. The van der Waals surface area contributed by atoms with Crippen LogP contribution in [0, 0.1) is 5.92 Å². The van der Waals surface area contributed by atoms with Crippen molar-refractivity contribution in [2.75, 3.05) is 25.6 Å². The van der Waals surface area contributed by atoms with E-state index in [9.17, 15) is 0 Å². The molecule has 0 saturated carbocycles. The third-order valence-electron chi connectivity index (χ3n) is 3.49. The average Bonchev–Trinajstić information content (AvgIpc) is 3.10. The second kappa shape index (κ2) is 6.09. The number of nitrogens with two attached hydrogens (primary N) is 1. The Labute approximate surface area is 123 Å². The molecule has 3 rings (SSSR count). The Morgan fingerprint density at radius 3 is 3.10 bits per heavy atom. The minimum absolute atomic E-state index is 0.458. The van der Waals surface area contributed by atoms with Gasteiger partial charge in [0.1, 0.15) is 5.75 Å². The summed E-state index contributed by atoms with van der Waals surface area (Å²) in [6.45, 7) is 4.86. The summed E-state index contributed by atoms with van der Waals surface area (Å²) in [5.74, 6) is 1.89. The molecular weight excluding hydrogens is 270 g/mol. The summed E-state index contributed by atoms with van der Waals surface area (Å²) in [6, 6.07) is 5.56. The summed E-state index contributed by atoms with van der Waals surface area (Å²) >= 11 is 0. The van der Waals surface area contributed by atoms with Crippen LogP contribution in [0.15, 0.2) is 18.2 Å². The van der Waals surface area contributed by atoms with Crippen molar-refractivity contribution in [2.45, 2.75) is 19.9 Å².